The van der Waals surface area contributed by atoms with Crippen molar-refractivity contribution < 1.29 is 23.9 Å². The van der Waals surface area contributed by atoms with Crippen LogP contribution >= 0.6 is 0 Å². The van der Waals surface area contributed by atoms with Gasteiger partial charge >= 0.3 is 12.1 Å². The monoisotopic (exact) mass is 382 g/mol. The summed E-state index contributed by atoms with van der Waals surface area (Å²) in [5.74, 6) is 0.0623. The second-order valence-electron chi connectivity index (χ2n) is 9.51. The Labute approximate surface area is 162 Å². The Balaban J connectivity index is 1.91. The molecule has 7 heteroatoms. The van der Waals surface area contributed by atoms with Crippen molar-refractivity contribution in [3.8, 4) is 0 Å². The number of ether oxygens (including phenoxy) is 2. The highest BCUT2D eigenvalue weighted by molar-refractivity contribution is 5.78. The zero-order valence-corrected chi connectivity index (χ0v) is 17.5. The summed E-state index contributed by atoms with van der Waals surface area (Å²) in [4.78, 5) is 40.4. The van der Waals surface area contributed by atoms with Gasteiger partial charge in [0.25, 0.3) is 0 Å². The van der Waals surface area contributed by atoms with Crippen LogP contribution in [0.3, 0.4) is 0 Å². The van der Waals surface area contributed by atoms with E-state index in [2.05, 4.69) is 0 Å². The molecule has 0 aliphatic carbocycles. The molecule has 0 aromatic rings. The summed E-state index contributed by atoms with van der Waals surface area (Å²) >= 11 is 0. The average Bonchev–Trinajstić information content (AvgIpc) is 2.95. The summed E-state index contributed by atoms with van der Waals surface area (Å²) in [6.07, 6.45) is 1.94. The Morgan fingerprint density at radius 2 is 1.67 bits per heavy atom. The first-order valence-electron chi connectivity index (χ1n) is 9.76. The number of likely N-dealkylation sites (tertiary alicyclic amines) is 2. The first-order chi connectivity index (χ1) is 12.4. The van der Waals surface area contributed by atoms with Gasteiger partial charge in [-0.2, -0.15) is 0 Å². The van der Waals surface area contributed by atoms with Gasteiger partial charge in [0.05, 0.1) is 13.5 Å². The zero-order chi connectivity index (χ0) is 20.4. The molecule has 0 bridgehead atoms. The first-order valence-corrected chi connectivity index (χ1v) is 9.76. The number of methoxy groups -OCH3 is 1. The van der Waals surface area contributed by atoms with Crippen LogP contribution in [0.15, 0.2) is 0 Å². The van der Waals surface area contributed by atoms with Crippen molar-refractivity contribution >= 4 is 18.0 Å². The maximum atomic E-state index is 12.7. The summed E-state index contributed by atoms with van der Waals surface area (Å²) < 4.78 is 10.2. The van der Waals surface area contributed by atoms with E-state index in [4.69, 9.17) is 9.47 Å². The lowest BCUT2D eigenvalue weighted by atomic mass is 9.84. The van der Waals surface area contributed by atoms with E-state index >= 15 is 0 Å². The fraction of sp³-hybridized carbons (Fsp3) is 0.850. The average molecular weight is 383 g/mol. The predicted octanol–water partition coefficient (Wildman–Crippen LogP) is 2.82. The minimum atomic E-state index is -0.503. The molecule has 0 radical (unpaired) electrons. The van der Waals surface area contributed by atoms with Crippen molar-refractivity contribution in [3.63, 3.8) is 0 Å². The summed E-state index contributed by atoms with van der Waals surface area (Å²) in [5.41, 5.74) is -0.934. The highest BCUT2D eigenvalue weighted by Crippen LogP contribution is 2.34. The van der Waals surface area contributed by atoms with E-state index in [-0.39, 0.29) is 30.4 Å². The van der Waals surface area contributed by atoms with Crippen LogP contribution in [0.2, 0.25) is 0 Å². The number of rotatable bonds is 4. The molecular weight excluding hydrogens is 348 g/mol. The van der Waals surface area contributed by atoms with Gasteiger partial charge in [-0.15, -0.1) is 0 Å². The van der Waals surface area contributed by atoms with Gasteiger partial charge in [0.15, 0.2) is 0 Å². The van der Waals surface area contributed by atoms with E-state index in [0.29, 0.717) is 32.0 Å². The molecule has 2 fully saturated rings. The number of hydrogen-bond donors (Lipinski definition) is 0. The summed E-state index contributed by atoms with van der Waals surface area (Å²) in [5, 5.41) is 0. The molecule has 0 spiro atoms. The molecule has 2 aliphatic heterocycles. The summed E-state index contributed by atoms with van der Waals surface area (Å²) in [6, 6.07) is 0.145. The third-order valence-corrected chi connectivity index (χ3v) is 5.30. The van der Waals surface area contributed by atoms with Crippen molar-refractivity contribution in [2.45, 2.75) is 71.9 Å². The number of fused-ring (bicyclic) bond motifs is 1. The molecule has 7 nitrogen and oxygen atoms in total. The largest absolute Gasteiger partial charge is 0.469 e. The second-order valence-corrected chi connectivity index (χ2v) is 9.51. The van der Waals surface area contributed by atoms with E-state index in [1.807, 2.05) is 44.4 Å². The molecule has 27 heavy (non-hydrogen) atoms. The van der Waals surface area contributed by atoms with Crippen molar-refractivity contribution in [1.29, 1.82) is 0 Å². The van der Waals surface area contributed by atoms with Crippen molar-refractivity contribution in [1.82, 2.24) is 9.80 Å². The topological polar surface area (TPSA) is 76.2 Å². The Morgan fingerprint density at radius 1 is 1.00 bits per heavy atom. The van der Waals surface area contributed by atoms with Gasteiger partial charge < -0.3 is 19.3 Å². The molecule has 0 unspecified atom stereocenters. The van der Waals surface area contributed by atoms with Crippen molar-refractivity contribution in [3.05, 3.63) is 0 Å². The summed E-state index contributed by atoms with van der Waals surface area (Å²) in [6.45, 7) is 11.4. The number of carbonyl (C=O) groups is 3. The van der Waals surface area contributed by atoms with Gasteiger partial charge in [0.1, 0.15) is 5.60 Å². The van der Waals surface area contributed by atoms with Gasteiger partial charge in [-0.05, 0) is 44.9 Å². The lowest BCUT2D eigenvalue weighted by molar-refractivity contribution is -0.144. The number of amides is 2. The zero-order valence-electron chi connectivity index (χ0n) is 17.5. The van der Waals surface area contributed by atoms with Gasteiger partial charge in [-0.25, -0.2) is 4.79 Å². The molecule has 2 heterocycles. The molecule has 0 saturated carbocycles. The number of esters is 1. The van der Waals surface area contributed by atoms with E-state index in [0.717, 1.165) is 12.8 Å². The number of carbonyl (C=O) groups excluding carboxylic acids is 3. The van der Waals surface area contributed by atoms with Crippen LogP contribution in [0.5, 0.6) is 0 Å². The fourth-order valence-electron chi connectivity index (χ4n) is 4.00. The minimum Gasteiger partial charge on any atom is -0.469 e. The maximum absolute atomic E-state index is 12.7. The van der Waals surface area contributed by atoms with Crippen LogP contribution in [0.1, 0.15) is 60.3 Å². The lowest BCUT2D eigenvalue weighted by Gasteiger charge is -2.39. The van der Waals surface area contributed by atoms with Gasteiger partial charge in [-0.3, -0.25) is 9.59 Å². The second kappa shape index (κ2) is 8.07. The van der Waals surface area contributed by atoms with Crippen LogP contribution in [0, 0.1) is 11.3 Å². The van der Waals surface area contributed by atoms with Gasteiger partial charge in [-0.1, -0.05) is 13.8 Å². The number of hydrogen-bond acceptors (Lipinski definition) is 5. The van der Waals surface area contributed by atoms with Crippen LogP contribution in [-0.4, -0.2) is 66.2 Å². The van der Waals surface area contributed by atoms with Gasteiger partial charge in [0.2, 0.25) is 5.91 Å². The molecule has 2 aliphatic rings. The summed E-state index contributed by atoms with van der Waals surface area (Å²) in [7, 11) is 1.36. The minimum absolute atomic E-state index is 0.0677. The van der Waals surface area contributed by atoms with Crippen LogP contribution < -0.4 is 0 Å². The number of piperidine rings is 1. The molecular formula is C20H34N2O5. The molecule has 2 amide bonds. The Bertz CT molecular complexity index is 581. The highest BCUT2D eigenvalue weighted by atomic mass is 16.6. The van der Waals surface area contributed by atoms with Crippen LogP contribution in [0.25, 0.3) is 0 Å². The Kier molecular flexibility index (Phi) is 6.43. The molecule has 2 atom stereocenters. The quantitative estimate of drug-likeness (QED) is 0.699. The Morgan fingerprint density at radius 3 is 2.26 bits per heavy atom. The fourth-order valence-corrected chi connectivity index (χ4v) is 4.00. The number of nitrogens with zero attached hydrogens (tertiary/aromatic N) is 2. The van der Waals surface area contributed by atoms with Crippen molar-refractivity contribution in [2.75, 3.05) is 26.7 Å². The lowest BCUT2D eigenvalue weighted by Crippen LogP contribution is -2.50. The predicted molar refractivity (Wildman–Crippen MR) is 101 cm³/mol. The van der Waals surface area contributed by atoms with Crippen LogP contribution in [0.4, 0.5) is 4.79 Å². The molecule has 2 saturated heterocycles. The van der Waals surface area contributed by atoms with E-state index in [1.54, 1.807) is 0 Å². The molecule has 0 aromatic carbocycles. The smallest absolute Gasteiger partial charge is 0.410 e. The van der Waals surface area contributed by atoms with Crippen molar-refractivity contribution in [2.24, 2.45) is 11.3 Å². The first kappa shape index (κ1) is 21.5. The van der Waals surface area contributed by atoms with E-state index < -0.39 is 11.0 Å². The van der Waals surface area contributed by atoms with E-state index in [9.17, 15) is 14.4 Å². The third kappa shape index (κ3) is 5.84. The SMILES string of the molecule is COC(=O)CC(C)(C)CC(=O)N1CC[C@@H]2[C@H](CCN2C(=O)OC(C)(C)C)C1. The molecule has 154 valence electrons. The highest BCUT2D eigenvalue weighted by Gasteiger charge is 2.43. The third-order valence-electron chi connectivity index (χ3n) is 5.30. The normalized spacial score (nSPS) is 23.0. The van der Waals surface area contributed by atoms with Gasteiger partial charge in [0, 0.05) is 32.1 Å². The molecule has 2 rings (SSSR count). The van der Waals surface area contributed by atoms with E-state index in [1.165, 1.54) is 7.11 Å². The molecule has 0 aromatic heterocycles. The standard InChI is InChI=1S/C20H34N2O5/c1-19(2,3)27-18(25)22-10-7-14-13-21(9-8-15(14)22)16(23)11-20(4,5)12-17(24)26-6/h14-15H,7-13H2,1-6H3/t14-,15-/m1/s1. The Hall–Kier alpha value is -1.79. The van der Waals surface area contributed by atoms with Crippen LogP contribution in [-0.2, 0) is 19.1 Å². The molecule has 0 N–H and O–H groups in total. The maximum Gasteiger partial charge on any atom is 0.410 e.